The maximum absolute atomic E-state index is 3.98. The molecule has 0 nitrogen and oxygen atoms in total. The third kappa shape index (κ3) is 3.49. The lowest BCUT2D eigenvalue weighted by Gasteiger charge is -2.08. The van der Waals surface area contributed by atoms with E-state index in [4.69, 9.17) is 0 Å². The van der Waals surface area contributed by atoms with Crippen molar-refractivity contribution in [2.45, 2.75) is 34.1 Å². The molecule has 10 heavy (non-hydrogen) atoms. The number of rotatable bonds is 3. The van der Waals surface area contributed by atoms with E-state index in [9.17, 15) is 0 Å². The molecule has 0 unspecified atom stereocenters. The molecule has 0 heterocycles. The lowest BCUT2D eigenvalue weighted by Crippen LogP contribution is -1.92. The lowest BCUT2D eigenvalue weighted by molar-refractivity contribution is 0.741. The van der Waals surface area contributed by atoms with Gasteiger partial charge in [0.2, 0.25) is 0 Å². The van der Waals surface area contributed by atoms with Crippen molar-refractivity contribution in [2.75, 3.05) is 0 Å². The molecule has 0 rings (SSSR count). The molecule has 57 valence electrons. The number of hydrogen-bond acceptors (Lipinski definition) is 0. The van der Waals surface area contributed by atoms with Gasteiger partial charge in [-0.1, -0.05) is 31.6 Å². The van der Waals surface area contributed by atoms with Crippen molar-refractivity contribution in [3.05, 3.63) is 23.8 Å². The Hall–Kier alpha value is -0.520. The van der Waals surface area contributed by atoms with Crippen molar-refractivity contribution >= 4 is 0 Å². The minimum Gasteiger partial charge on any atom is -0.0993 e. The Morgan fingerprint density at radius 2 is 2.00 bits per heavy atom. The van der Waals surface area contributed by atoms with Crippen LogP contribution in [0.2, 0.25) is 0 Å². The van der Waals surface area contributed by atoms with E-state index in [1.165, 1.54) is 11.1 Å². The standard InChI is InChI=1S/C10H17/c1-6-9(4)7-10(5)8(2)3/h8H,5,7H2,1-4H3. The molecule has 0 aromatic heterocycles. The summed E-state index contributed by atoms with van der Waals surface area (Å²) in [5.74, 6) is 0.600. The molecule has 0 bridgehead atoms. The van der Waals surface area contributed by atoms with Gasteiger partial charge in [0.25, 0.3) is 0 Å². The van der Waals surface area contributed by atoms with Crippen LogP contribution in [0.4, 0.5) is 0 Å². The zero-order valence-electron chi connectivity index (χ0n) is 7.49. The Balaban J connectivity index is 3.81. The van der Waals surface area contributed by atoms with Crippen LogP contribution in [0, 0.1) is 12.0 Å². The van der Waals surface area contributed by atoms with Gasteiger partial charge in [-0.3, -0.25) is 0 Å². The minimum atomic E-state index is 0.600. The molecule has 0 heteroatoms. The lowest BCUT2D eigenvalue weighted by atomic mass is 9.98. The fraction of sp³-hybridized carbons (Fsp3) is 0.600. The van der Waals surface area contributed by atoms with Crippen molar-refractivity contribution in [2.24, 2.45) is 5.92 Å². The second-order valence-electron chi connectivity index (χ2n) is 3.02. The van der Waals surface area contributed by atoms with Crippen molar-refractivity contribution in [3.8, 4) is 0 Å². The second-order valence-corrected chi connectivity index (χ2v) is 3.02. The van der Waals surface area contributed by atoms with Crippen LogP contribution in [0.5, 0.6) is 0 Å². The molecular formula is C10H17. The SMILES string of the molecule is C=C(CC(C)=[C]C)C(C)C. The molecule has 0 amide bonds. The molecule has 0 aliphatic carbocycles. The third-order valence-electron chi connectivity index (χ3n) is 1.74. The van der Waals surface area contributed by atoms with Crippen LogP contribution in [0.1, 0.15) is 34.1 Å². The smallest absolute Gasteiger partial charge is 0.0106 e. The zero-order valence-corrected chi connectivity index (χ0v) is 7.49. The Labute approximate surface area is 64.6 Å². The predicted octanol–water partition coefficient (Wildman–Crippen LogP) is 3.36. The van der Waals surface area contributed by atoms with Crippen LogP contribution < -0.4 is 0 Å². The van der Waals surface area contributed by atoms with Crippen molar-refractivity contribution in [1.29, 1.82) is 0 Å². The van der Waals surface area contributed by atoms with Gasteiger partial charge in [-0.25, -0.2) is 0 Å². The van der Waals surface area contributed by atoms with Crippen molar-refractivity contribution in [1.82, 2.24) is 0 Å². The van der Waals surface area contributed by atoms with Crippen molar-refractivity contribution < 1.29 is 0 Å². The van der Waals surface area contributed by atoms with Crippen LogP contribution in [0.15, 0.2) is 17.7 Å². The highest BCUT2D eigenvalue weighted by Gasteiger charge is 1.99. The van der Waals surface area contributed by atoms with E-state index in [0.29, 0.717) is 5.92 Å². The largest absolute Gasteiger partial charge is 0.0993 e. The summed E-state index contributed by atoms with van der Waals surface area (Å²) < 4.78 is 0. The number of allylic oxidation sites excluding steroid dienone is 3. The summed E-state index contributed by atoms with van der Waals surface area (Å²) in [7, 11) is 0. The maximum Gasteiger partial charge on any atom is -0.0106 e. The van der Waals surface area contributed by atoms with E-state index in [-0.39, 0.29) is 0 Å². The first-order chi connectivity index (χ1) is 4.57. The Bertz CT molecular complexity index is 138. The van der Waals surface area contributed by atoms with E-state index in [0.717, 1.165) is 6.42 Å². The van der Waals surface area contributed by atoms with Crippen LogP contribution in [-0.2, 0) is 0 Å². The summed E-state index contributed by atoms with van der Waals surface area (Å²) in [5, 5.41) is 0. The summed E-state index contributed by atoms with van der Waals surface area (Å²) in [5.41, 5.74) is 2.59. The average molecular weight is 137 g/mol. The quantitative estimate of drug-likeness (QED) is 0.523. The van der Waals surface area contributed by atoms with Crippen LogP contribution in [0.3, 0.4) is 0 Å². The minimum absolute atomic E-state index is 0.600. The molecule has 1 radical (unpaired) electrons. The van der Waals surface area contributed by atoms with Gasteiger partial charge < -0.3 is 0 Å². The van der Waals surface area contributed by atoms with Gasteiger partial charge in [0.05, 0.1) is 0 Å². The first-order valence-corrected chi connectivity index (χ1v) is 3.75. The number of hydrogen-bond donors (Lipinski definition) is 0. The van der Waals surface area contributed by atoms with Crippen molar-refractivity contribution in [3.63, 3.8) is 0 Å². The highest BCUT2D eigenvalue weighted by atomic mass is 14.0. The van der Waals surface area contributed by atoms with Gasteiger partial charge in [0, 0.05) is 0 Å². The molecule has 0 fully saturated rings. The summed E-state index contributed by atoms with van der Waals surface area (Å²) in [4.78, 5) is 0. The fourth-order valence-electron chi connectivity index (χ4n) is 0.633. The van der Waals surface area contributed by atoms with E-state index in [1.54, 1.807) is 0 Å². The summed E-state index contributed by atoms with van der Waals surface area (Å²) in [6, 6.07) is 0. The van der Waals surface area contributed by atoms with E-state index in [2.05, 4.69) is 33.4 Å². The van der Waals surface area contributed by atoms with E-state index >= 15 is 0 Å². The topological polar surface area (TPSA) is 0 Å². The molecule has 0 spiro atoms. The molecule has 0 aromatic carbocycles. The summed E-state index contributed by atoms with van der Waals surface area (Å²) in [6.07, 6.45) is 4.11. The van der Waals surface area contributed by atoms with E-state index in [1.807, 2.05) is 6.92 Å². The molecule has 0 saturated carbocycles. The summed E-state index contributed by atoms with van der Waals surface area (Å²) >= 11 is 0. The first-order valence-electron chi connectivity index (χ1n) is 3.75. The van der Waals surface area contributed by atoms with Crippen LogP contribution >= 0.6 is 0 Å². The molecule has 0 aliphatic rings. The van der Waals surface area contributed by atoms with Gasteiger partial charge >= 0.3 is 0 Å². The fourth-order valence-corrected chi connectivity index (χ4v) is 0.633. The Morgan fingerprint density at radius 3 is 2.30 bits per heavy atom. The highest BCUT2D eigenvalue weighted by Crippen LogP contribution is 2.15. The van der Waals surface area contributed by atoms with Gasteiger partial charge in [0.15, 0.2) is 0 Å². The first kappa shape index (κ1) is 9.48. The van der Waals surface area contributed by atoms with Gasteiger partial charge in [0.1, 0.15) is 0 Å². The molecule has 0 aromatic rings. The highest BCUT2D eigenvalue weighted by molar-refractivity contribution is 5.09. The van der Waals surface area contributed by atoms with Gasteiger partial charge in [-0.15, -0.1) is 0 Å². The summed E-state index contributed by atoms with van der Waals surface area (Å²) in [6.45, 7) is 12.4. The Morgan fingerprint density at radius 1 is 1.50 bits per heavy atom. The van der Waals surface area contributed by atoms with Gasteiger partial charge in [-0.05, 0) is 32.3 Å². The normalized spacial score (nSPS) is 12.3. The molecule has 0 aliphatic heterocycles. The molecule has 0 N–H and O–H groups in total. The second kappa shape index (κ2) is 4.32. The van der Waals surface area contributed by atoms with Crippen LogP contribution in [0.25, 0.3) is 0 Å². The molecular weight excluding hydrogens is 120 g/mol. The maximum atomic E-state index is 3.98. The van der Waals surface area contributed by atoms with Gasteiger partial charge in [-0.2, -0.15) is 0 Å². The Kier molecular flexibility index (Phi) is 4.10. The predicted molar refractivity (Wildman–Crippen MR) is 46.7 cm³/mol. The molecule has 0 atom stereocenters. The average Bonchev–Trinajstić information content (AvgIpc) is 1.87. The monoisotopic (exact) mass is 137 g/mol. The van der Waals surface area contributed by atoms with Crippen LogP contribution in [-0.4, -0.2) is 0 Å². The molecule has 0 saturated heterocycles. The van der Waals surface area contributed by atoms with E-state index < -0.39 is 0 Å². The zero-order chi connectivity index (χ0) is 8.15. The third-order valence-corrected chi connectivity index (χ3v) is 1.74.